The van der Waals surface area contributed by atoms with Crippen LogP contribution in [0.2, 0.25) is 5.02 Å². The molecule has 0 atom stereocenters. The predicted molar refractivity (Wildman–Crippen MR) is 84.4 cm³/mol. The molecule has 5 heteroatoms. The summed E-state index contributed by atoms with van der Waals surface area (Å²) < 4.78 is 5.07. The highest BCUT2D eigenvalue weighted by Gasteiger charge is 2.08. The van der Waals surface area contributed by atoms with Crippen molar-refractivity contribution in [2.75, 3.05) is 11.9 Å². The van der Waals surface area contributed by atoms with E-state index in [4.69, 9.17) is 16.3 Å². The largest absolute Gasteiger partial charge is 0.466 e. The molecule has 0 aliphatic rings. The molecule has 0 fully saturated rings. The third-order valence-electron chi connectivity index (χ3n) is 2.94. The van der Waals surface area contributed by atoms with E-state index < -0.39 is 0 Å². The standard InChI is InChI=1S/C16H22ClNO3/c1-2-3-6-12-21-16(20)11-7-10-15(19)18-14-9-5-4-8-13(14)17/h4-5,8-9H,2-3,6-7,10-12H2,1H3,(H,18,19). The Bertz CT molecular complexity index is 463. The zero-order chi connectivity index (χ0) is 15.5. The lowest BCUT2D eigenvalue weighted by Crippen LogP contribution is -2.13. The number of anilines is 1. The highest BCUT2D eigenvalue weighted by molar-refractivity contribution is 6.33. The fourth-order valence-electron chi connectivity index (χ4n) is 1.78. The van der Waals surface area contributed by atoms with Crippen LogP contribution in [0.3, 0.4) is 0 Å². The lowest BCUT2D eigenvalue weighted by atomic mass is 10.2. The van der Waals surface area contributed by atoms with Crippen LogP contribution in [-0.4, -0.2) is 18.5 Å². The monoisotopic (exact) mass is 311 g/mol. The van der Waals surface area contributed by atoms with Gasteiger partial charge < -0.3 is 10.1 Å². The average Bonchev–Trinajstić information content (AvgIpc) is 2.46. The molecule has 0 saturated carbocycles. The first kappa shape index (κ1) is 17.5. The molecular weight excluding hydrogens is 290 g/mol. The molecule has 1 amide bonds. The van der Waals surface area contributed by atoms with E-state index in [1.165, 1.54) is 0 Å². The number of carbonyl (C=O) groups is 2. The van der Waals surface area contributed by atoms with E-state index in [2.05, 4.69) is 12.2 Å². The van der Waals surface area contributed by atoms with Gasteiger partial charge in [-0.3, -0.25) is 9.59 Å². The average molecular weight is 312 g/mol. The second kappa shape index (κ2) is 10.2. The molecule has 1 aromatic rings. The first-order chi connectivity index (χ1) is 10.1. The topological polar surface area (TPSA) is 55.4 Å². The van der Waals surface area contributed by atoms with Crippen molar-refractivity contribution in [1.29, 1.82) is 0 Å². The van der Waals surface area contributed by atoms with Crippen LogP contribution >= 0.6 is 11.6 Å². The van der Waals surface area contributed by atoms with Gasteiger partial charge >= 0.3 is 5.97 Å². The van der Waals surface area contributed by atoms with Crippen molar-refractivity contribution < 1.29 is 14.3 Å². The summed E-state index contributed by atoms with van der Waals surface area (Å²) >= 11 is 5.95. The SMILES string of the molecule is CCCCCOC(=O)CCCC(=O)Nc1ccccc1Cl. The van der Waals surface area contributed by atoms with Crippen molar-refractivity contribution in [2.24, 2.45) is 0 Å². The molecule has 0 radical (unpaired) electrons. The van der Waals surface area contributed by atoms with Crippen molar-refractivity contribution in [3.63, 3.8) is 0 Å². The van der Waals surface area contributed by atoms with Crippen molar-refractivity contribution in [3.8, 4) is 0 Å². The summed E-state index contributed by atoms with van der Waals surface area (Å²) in [5, 5.41) is 3.22. The number of nitrogens with one attached hydrogen (secondary N) is 1. The molecule has 0 spiro atoms. The molecule has 0 aromatic heterocycles. The van der Waals surface area contributed by atoms with Gasteiger partial charge in [-0.1, -0.05) is 43.5 Å². The minimum Gasteiger partial charge on any atom is -0.466 e. The van der Waals surface area contributed by atoms with E-state index in [0.717, 1.165) is 19.3 Å². The zero-order valence-electron chi connectivity index (χ0n) is 12.4. The summed E-state index contributed by atoms with van der Waals surface area (Å²) in [7, 11) is 0. The Labute approximate surface area is 130 Å². The van der Waals surface area contributed by atoms with Gasteiger partial charge in [-0.05, 0) is 25.0 Å². The van der Waals surface area contributed by atoms with Crippen molar-refractivity contribution in [2.45, 2.75) is 45.4 Å². The molecule has 0 heterocycles. The summed E-state index contributed by atoms with van der Waals surface area (Å²) in [6.45, 7) is 2.57. The summed E-state index contributed by atoms with van der Waals surface area (Å²) in [6, 6.07) is 7.05. The van der Waals surface area contributed by atoms with Gasteiger partial charge in [0.15, 0.2) is 0 Å². The van der Waals surface area contributed by atoms with Crippen molar-refractivity contribution in [3.05, 3.63) is 29.3 Å². The Kier molecular flexibility index (Phi) is 8.51. The molecule has 4 nitrogen and oxygen atoms in total. The first-order valence-corrected chi connectivity index (χ1v) is 7.71. The third-order valence-corrected chi connectivity index (χ3v) is 3.27. The Balaban J connectivity index is 2.16. The number of unbranched alkanes of at least 4 members (excludes halogenated alkanes) is 2. The van der Waals surface area contributed by atoms with E-state index in [1.807, 2.05) is 0 Å². The van der Waals surface area contributed by atoms with Gasteiger partial charge in [0.1, 0.15) is 0 Å². The number of hydrogen-bond acceptors (Lipinski definition) is 3. The molecule has 1 N–H and O–H groups in total. The van der Waals surface area contributed by atoms with Gasteiger partial charge in [0.2, 0.25) is 5.91 Å². The third kappa shape index (κ3) is 7.71. The normalized spacial score (nSPS) is 10.2. The van der Waals surface area contributed by atoms with Crippen LogP contribution in [0.5, 0.6) is 0 Å². The van der Waals surface area contributed by atoms with Crippen LogP contribution in [0.1, 0.15) is 45.4 Å². The molecule has 0 saturated heterocycles. The van der Waals surface area contributed by atoms with Crippen LogP contribution in [0, 0.1) is 0 Å². The summed E-state index contributed by atoms with van der Waals surface area (Å²) in [5.41, 5.74) is 0.589. The Morgan fingerprint density at radius 1 is 1.14 bits per heavy atom. The second-order valence-electron chi connectivity index (χ2n) is 4.81. The number of amides is 1. The van der Waals surface area contributed by atoms with E-state index in [1.54, 1.807) is 24.3 Å². The van der Waals surface area contributed by atoms with Gasteiger partial charge in [-0.15, -0.1) is 0 Å². The summed E-state index contributed by atoms with van der Waals surface area (Å²) in [4.78, 5) is 23.1. The second-order valence-corrected chi connectivity index (χ2v) is 5.22. The summed E-state index contributed by atoms with van der Waals surface area (Å²) in [5.74, 6) is -0.390. The number of carbonyl (C=O) groups excluding carboxylic acids is 2. The van der Waals surface area contributed by atoms with Crippen LogP contribution in [0.25, 0.3) is 0 Å². The molecule has 0 aliphatic heterocycles. The maximum absolute atomic E-state index is 11.7. The molecule has 116 valence electrons. The highest BCUT2D eigenvalue weighted by Crippen LogP contribution is 2.20. The van der Waals surface area contributed by atoms with Crippen LogP contribution in [0.15, 0.2) is 24.3 Å². The molecular formula is C16H22ClNO3. The number of halogens is 1. The highest BCUT2D eigenvalue weighted by atomic mass is 35.5. The lowest BCUT2D eigenvalue weighted by molar-refractivity contribution is -0.143. The number of rotatable bonds is 9. The zero-order valence-corrected chi connectivity index (χ0v) is 13.1. The van der Waals surface area contributed by atoms with Gasteiger partial charge in [0, 0.05) is 12.8 Å². The fourth-order valence-corrected chi connectivity index (χ4v) is 1.96. The van der Waals surface area contributed by atoms with Gasteiger partial charge in [0.05, 0.1) is 17.3 Å². The number of ether oxygens (including phenoxy) is 1. The maximum atomic E-state index is 11.7. The molecule has 21 heavy (non-hydrogen) atoms. The number of para-hydroxylation sites is 1. The molecule has 0 aliphatic carbocycles. The Morgan fingerprint density at radius 3 is 2.62 bits per heavy atom. The smallest absolute Gasteiger partial charge is 0.305 e. The molecule has 1 aromatic carbocycles. The van der Waals surface area contributed by atoms with Crippen molar-refractivity contribution >= 4 is 29.2 Å². The van der Waals surface area contributed by atoms with Gasteiger partial charge in [-0.25, -0.2) is 0 Å². The lowest BCUT2D eigenvalue weighted by Gasteiger charge is -2.07. The molecule has 0 unspecified atom stereocenters. The first-order valence-electron chi connectivity index (χ1n) is 7.33. The fraction of sp³-hybridized carbons (Fsp3) is 0.500. The number of benzene rings is 1. The van der Waals surface area contributed by atoms with Crippen LogP contribution < -0.4 is 5.32 Å². The summed E-state index contributed by atoms with van der Waals surface area (Å²) in [6.07, 6.45) is 4.07. The predicted octanol–water partition coefficient (Wildman–Crippen LogP) is 4.18. The maximum Gasteiger partial charge on any atom is 0.305 e. The molecule has 0 bridgehead atoms. The molecule has 1 rings (SSSR count). The quantitative estimate of drug-likeness (QED) is 0.550. The van der Waals surface area contributed by atoms with Gasteiger partial charge in [0.25, 0.3) is 0 Å². The number of hydrogen-bond donors (Lipinski definition) is 1. The Morgan fingerprint density at radius 2 is 1.90 bits per heavy atom. The van der Waals surface area contributed by atoms with Crippen LogP contribution in [0.4, 0.5) is 5.69 Å². The van der Waals surface area contributed by atoms with E-state index in [9.17, 15) is 9.59 Å². The number of esters is 1. The Hall–Kier alpha value is -1.55. The van der Waals surface area contributed by atoms with Crippen molar-refractivity contribution in [1.82, 2.24) is 0 Å². The van der Waals surface area contributed by atoms with E-state index in [0.29, 0.717) is 23.7 Å². The minimum absolute atomic E-state index is 0.151. The van der Waals surface area contributed by atoms with Crippen LogP contribution in [-0.2, 0) is 14.3 Å². The van der Waals surface area contributed by atoms with Gasteiger partial charge in [-0.2, -0.15) is 0 Å². The minimum atomic E-state index is -0.239. The van der Waals surface area contributed by atoms with E-state index in [-0.39, 0.29) is 24.7 Å². The van der Waals surface area contributed by atoms with E-state index >= 15 is 0 Å².